The van der Waals surface area contributed by atoms with E-state index in [0.717, 1.165) is 31.4 Å². The maximum absolute atomic E-state index is 12.8. The molecule has 0 bridgehead atoms. The van der Waals surface area contributed by atoms with Crippen LogP contribution in [0.5, 0.6) is 0 Å². The van der Waals surface area contributed by atoms with E-state index in [4.69, 9.17) is 0 Å². The molecule has 3 nitrogen and oxygen atoms in total. The summed E-state index contributed by atoms with van der Waals surface area (Å²) in [6, 6.07) is 5.34. The Hall–Kier alpha value is -1.56. The average molecular weight is 328 g/mol. The minimum atomic E-state index is -4.38. The quantitative estimate of drug-likeness (QED) is 0.851. The number of carbonyl (C=O) groups is 1. The highest BCUT2D eigenvalue weighted by Crippen LogP contribution is 2.29. The van der Waals surface area contributed by atoms with Crippen molar-refractivity contribution in [3.63, 3.8) is 0 Å². The van der Waals surface area contributed by atoms with Gasteiger partial charge >= 0.3 is 6.18 Å². The van der Waals surface area contributed by atoms with Crippen LogP contribution in [-0.4, -0.2) is 48.9 Å². The van der Waals surface area contributed by atoms with Gasteiger partial charge in [-0.3, -0.25) is 4.79 Å². The summed E-state index contributed by atoms with van der Waals surface area (Å²) in [6.45, 7) is 1.33. The number of alkyl halides is 3. The molecule has 23 heavy (non-hydrogen) atoms. The van der Waals surface area contributed by atoms with Crippen LogP contribution in [0.4, 0.5) is 13.2 Å². The van der Waals surface area contributed by atoms with Crippen LogP contribution in [0.3, 0.4) is 0 Å². The molecule has 0 unspecified atom stereocenters. The summed E-state index contributed by atoms with van der Waals surface area (Å²) >= 11 is 0. The molecule has 0 radical (unpaired) electrons. The van der Waals surface area contributed by atoms with Crippen LogP contribution >= 0.6 is 0 Å². The highest BCUT2D eigenvalue weighted by atomic mass is 19.4. The van der Waals surface area contributed by atoms with Gasteiger partial charge in [-0.15, -0.1) is 0 Å². The number of hydrogen-bond donors (Lipinski definition) is 0. The second kappa shape index (κ2) is 7.34. The van der Waals surface area contributed by atoms with E-state index >= 15 is 0 Å². The van der Waals surface area contributed by atoms with Crippen LogP contribution in [0.2, 0.25) is 0 Å². The molecule has 1 aromatic rings. The molecule has 1 saturated heterocycles. The van der Waals surface area contributed by atoms with Gasteiger partial charge in [-0.1, -0.05) is 24.6 Å². The molecule has 128 valence electrons. The normalized spacial score (nSPS) is 19.7. The Morgan fingerprint density at radius 1 is 1.30 bits per heavy atom. The molecule has 1 aliphatic rings. The SMILES string of the molecule is CN(C)[C@H]1CCCCN(C(=O)Cc2cccc(C(F)(F)F)c2)C1. The van der Waals surface area contributed by atoms with Gasteiger partial charge in [0.2, 0.25) is 5.91 Å². The Morgan fingerprint density at radius 3 is 2.70 bits per heavy atom. The second-order valence-electron chi connectivity index (χ2n) is 6.33. The molecule has 2 rings (SSSR count). The Morgan fingerprint density at radius 2 is 2.04 bits per heavy atom. The number of hydrogen-bond acceptors (Lipinski definition) is 2. The lowest BCUT2D eigenvalue weighted by molar-refractivity contribution is -0.138. The standard InChI is InChI=1S/C17H23F3N2O/c1-21(2)15-8-3-4-9-22(12-15)16(23)11-13-6-5-7-14(10-13)17(18,19)20/h5-7,10,15H,3-4,8-9,11-12H2,1-2H3/t15-/m0/s1. The summed E-state index contributed by atoms with van der Waals surface area (Å²) in [6.07, 6.45) is -1.31. The van der Waals surface area contributed by atoms with Crippen LogP contribution in [0.25, 0.3) is 0 Å². The second-order valence-corrected chi connectivity index (χ2v) is 6.33. The number of halogens is 3. The van der Waals surface area contributed by atoms with E-state index in [2.05, 4.69) is 4.90 Å². The van der Waals surface area contributed by atoms with E-state index in [1.807, 2.05) is 14.1 Å². The first-order chi connectivity index (χ1) is 10.8. The van der Waals surface area contributed by atoms with Gasteiger partial charge in [0.1, 0.15) is 0 Å². The Balaban J connectivity index is 2.06. The van der Waals surface area contributed by atoms with Gasteiger partial charge in [-0.2, -0.15) is 13.2 Å². The third-order valence-corrected chi connectivity index (χ3v) is 4.34. The number of likely N-dealkylation sites (tertiary alicyclic amines) is 1. The smallest absolute Gasteiger partial charge is 0.341 e. The van der Waals surface area contributed by atoms with Crippen molar-refractivity contribution < 1.29 is 18.0 Å². The van der Waals surface area contributed by atoms with Crippen molar-refractivity contribution in [2.45, 2.75) is 37.9 Å². The van der Waals surface area contributed by atoms with Crippen molar-refractivity contribution in [1.29, 1.82) is 0 Å². The Kier molecular flexibility index (Phi) is 5.68. The molecule has 1 amide bonds. The van der Waals surface area contributed by atoms with Crippen molar-refractivity contribution in [2.75, 3.05) is 27.2 Å². The number of benzene rings is 1. The molecule has 0 spiro atoms. The third-order valence-electron chi connectivity index (χ3n) is 4.34. The molecule has 0 aliphatic carbocycles. The fourth-order valence-electron chi connectivity index (χ4n) is 2.91. The molecule has 6 heteroatoms. The molecule has 1 aliphatic heterocycles. The Labute approximate surface area is 135 Å². The largest absolute Gasteiger partial charge is 0.416 e. The summed E-state index contributed by atoms with van der Waals surface area (Å²) in [5.41, 5.74) is -0.291. The summed E-state index contributed by atoms with van der Waals surface area (Å²) in [5, 5.41) is 0. The molecule has 1 atom stereocenters. The third kappa shape index (κ3) is 4.96. The van der Waals surface area contributed by atoms with E-state index in [1.165, 1.54) is 6.07 Å². The lowest BCUT2D eigenvalue weighted by atomic mass is 10.1. The van der Waals surface area contributed by atoms with Crippen molar-refractivity contribution in [2.24, 2.45) is 0 Å². The van der Waals surface area contributed by atoms with Gasteiger partial charge < -0.3 is 9.80 Å². The first kappa shape index (κ1) is 17.8. The fraction of sp³-hybridized carbons (Fsp3) is 0.588. The molecule has 1 heterocycles. The zero-order chi connectivity index (χ0) is 17.0. The predicted molar refractivity (Wildman–Crippen MR) is 83.1 cm³/mol. The first-order valence-corrected chi connectivity index (χ1v) is 7.87. The molecule has 1 fully saturated rings. The minimum Gasteiger partial charge on any atom is -0.341 e. The number of likely N-dealkylation sites (N-methyl/N-ethyl adjacent to an activating group) is 1. The number of rotatable bonds is 3. The summed E-state index contributed by atoms with van der Waals surface area (Å²) < 4.78 is 38.3. The monoisotopic (exact) mass is 328 g/mol. The van der Waals surface area contributed by atoms with E-state index in [0.29, 0.717) is 24.7 Å². The number of carbonyl (C=O) groups excluding carboxylic acids is 1. The molecular formula is C17H23F3N2O. The number of nitrogens with zero attached hydrogens (tertiary/aromatic N) is 2. The van der Waals surface area contributed by atoms with Gasteiger partial charge in [0.15, 0.2) is 0 Å². The molecular weight excluding hydrogens is 305 g/mol. The molecule has 0 aromatic heterocycles. The lowest BCUT2D eigenvalue weighted by Crippen LogP contribution is -2.42. The highest BCUT2D eigenvalue weighted by molar-refractivity contribution is 5.79. The van der Waals surface area contributed by atoms with Crippen molar-refractivity contribution in [1.82, 2.24) is 9.80 Å². The van der Waals surface area contributed by atoms with Crippen LogP contribution in [0, 0.1) is 0 Å². The van der Waals surface area contributed by atoms with Crippen LogP contribution in [0.15, 0.2) is 24.3 Å². The van der Waals surface area contributed by atoms with Gasteiger partial charge in [0, 0.05) is 19.1 Å². The van der Waals surface area contributed by atoms with Crippen molar-refractivity contribution >= 4 is 5.91 Å². The van der Waals surface area contributed by atoms with Crippen molar-refractivity contribution in [3.05, 3.63) is 35.4 Å². The fourth-order valence-corrected chi connectivity index (χ4v) is 2.91. The first-order valence-electron chi connectivity index (χ1n) is 7.87. The summed E-state index contributed by atoms with van der Waals surface area (Å²) in [5.74, 6) is -0.0990. The van der Waals surface area contributed by atoms with E-state index in [9.17, 15) is 18.0 Å². The minimum absolute atomic E-state index is 0.0179. The maximum Gasteiger partial charge on any atom is 0.416 e. The average Bonchev–Trinajstić information content (AvgIpc) is 2.72. The van der Waals surface area contributed by atoms with Crippen LogP contribution in [0.1, 0.15) is 30.4 Å². The number of amides is 1. The van der Waals surface area contributed by atoms with Crippen LogP contribution in [-0.2, 0) is 17.4 Å². The Bertz CT molecular complexity index is 543. The molecule has 1 aromatic carbocycles. The molecule has 0 N–H and O–H groups in total. The van der Waals surface area contributed by atoms with E-state index in [1.54, 1.807) is 11.0 Å². The predicted octanol–water partition coefficient (Wildman–Crippen LogP) is 3.19. The van der Waals surface area contributed by atoms with Gasteiger partial charge in [0.25, 0.3) is 0 Å². The van der Waals surface area contributed by atoms with Gasteiger partial charge in [0.05, 0.1) is 12.0 Å². The molecule has 0 saturated carbocycles. The maximum atomic E-state index is 12.8. The highest BCUT2D eigenvalue weighted by Gasteiger charge is 2.30. The summed E-state index contributed by atoms with van der Waals surface area (Å²) in [4.78, 5) is 16.4. The topological polar surface area (TPSA) is 23.6 Å². The van der Waals surface area contributed by atoms with Crippen molar-refractivity contribution in [3.8, 4) is 0 Å². The zero-order valence-electron chi connectivity index (χ0n) is 13.6. The van der Waals surface area contributed by atoms with E-state index < -0.39 is 11.7 Å². The van der Waals surface area contributed by atoms with Crippen LogP contribution < -0.4 is 0 Å². The zero-order valence-corrected chi connectivity index (χ0v) is 13.6. The summed E-state index contributed by atoms with van der Waals surface area (Å²) in [7, 11) is 3.98. The van der Waals surface area contributed by atoms with Gasteiger partial charge in [-0.05, 0) is 38.6 Å². The van der Waals surface area contributed by atoms with Gasteiger partial charge in [-0.25, -0.2) is 0 Å². The lowest BCUT2D eigenvalue weighted by Gasteiger charge is -2.28. The van der Waals surface area contributed by atoms with E-state index in [-0.39, 0.29) is 12.3 Å².